The number of nitrogen functional groups attached to an aromatic ring is 1. The van der Waals surface area contributed by atoms with Gasteiger partial charge in [0.1, 0.15) is 0 Å². The zero-order valence-corrected chi connectivity index (χ0v) is 11.4. The summed E-state index contributed by atoms with van der Waals surface area (Å²) >= 11 is 0. The summed E-state index contributed by atoms with van der Waals surface area (Å²) in [5.74, 6) is -0.347. The van der Waals surface area contributed by atoms with Gasteiger partial charge in [0.2, 0.25) is 0 Å². The molecule has 1 aliphatic heterocycles. The number of nitrogens with zero attached hydrogens (tertiary/aromatic N) is 1. The van der Waals surface area contributed by atoms with Gasteiger partial charge in [0.15, 0.2) is 0 Å². The normalized spacial score (nSPS) is 19.9. The van der Waals surface area contributed by atoms with Crippen LogP contribution in [0.25, 0.3) is 0 Å². The molecule has 0 bridgehead atoms. The first-order valence-electron chi connectivity index (χ1n) is 6.45. The number of carbonyl (C=O) groups is 1. The van der Waals surface area contributed by atoms with Gasteiger partial charge in [-0.3, -0.25) is 0 Å². The number of benzene rings is 1. The van der Waals surface area contributed by atoms with Crippen molar-refractivity contribution in [1.82, 2.24) is 0 Å². The van der Waals surface area contributed by atoms with Crippen LogP contribution in [0.4, 0.5) is 11.4 Å². The predicted octanol–water partition coefficient (Wildman–Crippen LogP) is 1.67. The molecule has 0 saturated carbocycles. The van der Waals surface area contributed by atoms with Crippen LogP contribution in [0.3, 0.4) is 0 Å². The van der Waals surface area contributed by atoms with Gasteiger partial charge in [-0.05, 0) is 31.5 Å². The molecule has 104 valence electrons. The highest BCUT2D eigenvalue weighted by atomic mass is 16.5. The van der Waals surface area contributed by atoms with Crippen LogP contribution in [0.2, 0.25) is 0 Å². The Hall–Kier alpha value is -1.75. The Labute approximate surface area is 113 Å². The first-order chi connectivity index (χ1) is 9.13. The number of ether oxygens (including phenoxy) is 2. The van der Waals surface area contributed by atoms with E-state index in [0.717, 1.165) is 25.3 Å². The van der Waals surface area contributed by atoms with Gasteiger partial charge < -0.3 is 20.1 Å². The molecule has 1 fully saturated rings. The van der Waals surface area contributed by atoms with Crippen molar-refractivity contribution in [3.05, 3.63) is 23.8 Å². The number of anilines is 2. The number of nitrogens with two attached hydrogens (primary N) is 1. The molecule has 0 aromatic heterocycles. The van der Waals surface area contributed by atoms with Crippen LogP contribution in [0.15, 0.2) is 18.2 Å². The van der Waals surface area contributed by atoms with Crippen molar-refractivity contribution in [2.45, 2.75) is 19.4 Å². The lowest BCUT2D eigenvalue weighted by Crippen LogP contribution is -2.35. The Morgan fingerprint density at radius 1 is 1.53 bits per heavy atom. The first-order valence-corrected chi connectivity index (χ1v) is 6.45. The van der Waals surface area contributed by atoms with Gasteiger partial charge >= 0.3 is 5.97 Å². The van der Waals surface area contributed by atoms with Crippen molar-refractivity contribution in [3.63, 3.8) is 0 Å². The molecule has 2 rings (SSSR count). The SMILES string of the molecule is COC(=O)c1ccc(N)c(N2CCCOCC2C)c1. The second kappa shape index (κ2) is 5.93. The maximum Gasteiger partial charge on any atom is 0.337 e. The van der Waals surface area contributed by atoms with E-state index < -0.39 is 0 Å². The predicted molar refractivity (Wildman–Crippen MR) is 74.4 cm³/mol. The van der Waals surface area contributed by atoms with Gasteiger partial charge in [-0.15, -0.1) is 0 Å². The van der Waals surface area contributed by atoms with E-state index in [-0.39, 0.29) is 12.0 Å². The van der Waals surface area contributed by atoms with Crippen LogP contribution < -0.4 is 10.6 Å². The van der Waals surface area contributed by atoms with Gasteiger partial charge in [0.05, 0.1) is 30.7 Å². The third-order valence-electron chi connectivity index (χ3n) is 3.34. The summed E-state index contributed by atoms with van der Waals surface area (Å²) in [5, 5.41) is 0. The average Bonchev–Trinajstić information content (AvgIpc) is 2.63. The molecule has 1 saturated heterocycles. The number of rotatable bonds is 2. The quantitative estimate of drug-likeness (QED) is 0.650. The summed E-state index contributed by atoms with van der Waals surface area (Å²) in [5.41, 5.74) is 8.10. The Kier molecular flexibility index (Phi) is 4.27. The van der Waals surface area contributed by atoms with Crippen LogP contribution in [0.5, 0.6) is 0 Å². The fraction of sp³-hybridized carbons (Fsp3) is 0.500. The number of methoxy groups -OCH3 is 1. The summed E-state index contributed by atoms with van der Waals surface area (Å²) in [6.07, 6.45) is 0.951. The van der Waals surface area contributed by atoms with Crippen molar-refractivity contribution >= 4 is 17.3 Å². The number of esters is 1. The highest BCUT2D eigenvalue weighted by molar-refractivity contribution is 5.92. The minimum Gasteiger partial charge on any atom is -0.465 e. The Bertz CT molecular complexity index is 462. The second-order valence-corrected chi connectivity index (χ2v) is 4.74. The summed E-state index contributed by atoms with van der Waals surface area (Å²) in [6.45, 7) is 4.39. The van der Waals surface area contributed by atoms with E-state index >= 15 is 0 Å². The maximum absolute atomic E-state index is 11.6. The molecule has 2 N–H and O–H groups in total. The molecular weight excluding hydrogens is 244 g/mol. The molecule has 0 aliphatic carbocycles. The lowest BCUT2D eigenvalue weighted by atomic mass is 10.1. The van der Waals surface area contributed by atoms with E-state index in [0.29, 0.717) is 17.9 Å². The molecule has 5 heteroatoms. The second-order valence-electron chi connectivity index (χ2n) is 4.74. The van der Waals surface area contributed by atoms with Crippen LogP contribution in [-0.4, -0.2) is 38.9 Å². The lowest BCUT2D eigenvalue weighted by Gasteiger charge is -2.30. The van der Waals surface area contributed by atoms with Crippen molar-refractivity contribution in [2.75, 3.05) is 37.5 Å². The molecule has 1 aromatic carbocycles. The Morgan fingerprint density at radius 2 is 2.32 bits per heavy atom. The highest BCUT2D eigenvalue weighted by Gasteiger charge is 2.20. The Morgan fingerprint density at radius 3 is 3.05 bits per heavy atom. The molecule has 0 amide bonds. The van der Waals surface area contributed by atoms with Crippen molar-refractivity contribution in [1.29, 1.82) is 0 Å². The smallest absolute Gasteiger partial charge is 0.337 e. The average molecular weight is 264 g/mol. The summed E-state index contributed by atoms with van der Waals surface area (Å²) in [6, 6.07) is 5.46. The molecule has 1 heterocycles. The fourth-order valence-electron chi connectivity index (χ4n) is 2.30. The zero-order chi connectivity index (χ0) is 13.8. The molecular formula is C14H20N2O3. The minimum absolute atomic E-state index is 0.234. The standard InChI is InChI=1S/C14H20N2O3/c1-10-9-19-7-3-6-16(10)13-8-11(14(17)18-2)4-5-12(13)15/h4-5,8,10H,3,6-7,9,15H2,1-2H3. The first kappa shape index (κ1) is 13.7. The van der Waals surface area contributed by atoms with Crippen LogP contribution in [0, 0.1) is 0 Å². The van der Waals surface area contributed by atoms with Crippen LogP contribution >= 0.6 is 0 Å². The van der Waals surface area contributed by atoms with E-state index in [2.05, 4.69) is 11.8 Å². The largest absolute Gasteiger partial charge is 0.465 e. The molecule has 5 nitrogen and oxygen atoms in total. The van der Waals surface area contributed by atoms with Crippen LogP contribution in [-0.2, 0) is 9.47 Å². The van der Waals surface area contributed by atoms with E-state index in [1.165, 1.54) is 7.11 Å². The molecule has 0 spiro atoms. The summed E-state index contributed by atoms with van der Waals surface area (Å²) < 4.78 is 10.3. The van der Waals surface area contributed by atoms with Crippen molar-refractivity contribution in [2.24, 2.45) is 0 Å². The van der Waals surface area contributed by atoms with E-state index in [1.54, 1.807) is 18.2 Å². The molecule has 0 radical (unpaired) electrons. The van der Waals surface area contributed by atoms with Gasteiger partial charge in [0.25, 0.3) is 0 Å². The molecule has 1 aliphatic rings. The van der Waals surface area contributed by atoms with Crippen molar-refractivity contribution < 1.29 is 14.3 Å². The lowest BCUT2D eigenvalue weighted by molar-refractivity contribution is 0.0601. The maximum atomic E-state index is 11.6. The Balaban J connectivity index is 2.33. The topological polar surface area (TPSA) is 64.8 Å². The number of carbonyl (C=O) groups excluding carboxylic acids is 1. The third kappa shape index (κ3) is 2.98. The summed E-state index contributed by atoms with van der Waals surface area (Å²) in [7, 11) is 1.38. The van der Waals surface area contributed by atoms with Crippen molar-refractivity contribution in [3.8, 4) is 0 Å². The van der Waals surface area contributed by atoms with Gasteiger partial charge in [0, 0.05) is 19.2 Å². The van der Waals surface area contributed by atoms with Gasteiger partial charge in [-0.1, -0.05) is 0 Å². The highest BCUT2D eigenvalue weighted by Crippen LogP contribution is 2.28. The van der Waals surface area contributed by atoms with E-state index in [9.17, 15) is 4.79 Å². The van der Waals surface area contributed by atoms with E-state index in [4.69, 9.17) is 15.2 Å². The number of hydrogen-bond donors (Lipinski definition) is 1. The molecule has 1 aromatic rings. The summed E-state index contributed by atoms with van der Waals surface area (Å²) in [4.78, 5) is 13.8. The zero-order valence-electron chi connectivity index (χ0n) is 11.4. The molecule has 19 heavy (non-hydrogen) atoms. The van der Waals surface area contributed by atoms with Gasteiger partial charge in [-0.25, -0.2) is 4.79 Å². The van der Waals surface area contributed by atoms with Crippen LogP contribution in [0.1, 0.15) is 23.7 Å². The minimum atomic E-state index is -0.347. The van der Waals surface area contributed by atoms with Gasteiger partial charge in [-0.2, -0.15) is 0 Å². The monoisotopic (exact) mass is 264 g/mol. The third-order valence-corrected chi connectivity index (χ3v) is 3.34. The molecule has 1 atom stereocenters. The molecule has 1 unspecified atom stereocenters. The number of hydrogen-bond acceptors (Lipinski definition) is 5. The fourth-order valence-corrected chi connectivity index (χ4v) is 2.30. The van der Waals surface area contributed by atoms with E-state index in [1.807, 2.05) is 0 Å².